The predicted octanol–water partition coefficient (Wildman–Crippen LogP) is 3.28. The van der Waals surface area contributed by atoms with Gasteiger partial charge in [0.15, 0.2) is 5.82 Å². The van der Waals surface area contributed by atoms with E-state index >= 15 is 0 Å². The quantitative estimate of drug-likeness (QED) is 0.712. The third kappa shape index (κ3) is 3.54. The van der Waals surface area contributed by atoms with Crippen LogP contribution in [0.25, 0.3) is 0 Å². The highest BCUT2D eigenvalue weighted by atomic mass is 16.5. The molecule has 124 valence electrons. The van der Waals surface area contributed by atoms with E-state index in [0.29, 0.717) is 40.5 Å². The Balaban J connectivity index is 1.82. The lowest BCUT2D eigenvalue weighted by molar-refractivity contribution is 0.400. The molecule has 8 heteroatoms. The standard InChI is InChI=1S/C16H17N5O3/c1-10-8-15(21-24-10)19-14-6-7-17-16(20-14)18-12-9-11(22-2)4-5-13(12)23-3/h4-9H,1-3H3,(H2,17,18,19,20,21). The third-order valence-electron chi connectivity index (χ3n) is 3.19. The smallest absolute Gasteiger partial charge is 0.229 e. The number of anilines is 4. The van der Waals surface area contributed by atoms with Gasteiger partial charge in [-0.05, 0) is 25.1 Å². The molecule has 0 amide bonds. The van der Waals surface area contributed by atoms with E-state index in [9.17, 15) is 0 Å². The lowest BCUT2D eigenvalue weighted by Crippen LogP contribution is -2.02. The summed E-state index contributed by atoms with van der Waals surface area (Å²) < 4.78 is 15.6. The van der Waals surface area contributed by atoms with Crippen molar-refractivity contribution in [3.8, 4) is 11.5 Å². The first-order valence-electron chi connectivity index (χ1n) is 7.20. The molecule has 3 rings (SSSR count). The second-order valence-electron chi connectivity index (χ2n) is 4.90. The molecule has 2 N–H and O–H groups in total. The number of benzene rings is 1. The van der Waals surface area contributed by atoms with Crippen LogP contribution in [0.4, 0.5) is 23.3 Å². The molecule has 0 unspecified atom stereocenters. The van der Waals surface area contributed by atoms with Gasteiger partial charge in [0, 0.05) is 18.3 Å². The lowest BCUT2D eigenvalue weighted by Gasteiger charge is -2.12. The van der Waals surface area contributed by atoms with Gasteiger partial charge in [-0.2, -0.15) is 4.98 Å². The van der Waals surface area contributed by atoms with Crippen LogP contribution in [0.5, 0.6) is 11.5 Å². The molecule has 2 heterocycles. The Morgan fingerprint density at radius 3 is 2.58 bits per heavy atom. The second kappa shape index (κ2) is 6.86. The summed E-state index contributed by atoms with van der Waals surface area (Å²) >= 11 is 0. The number of rotatable bonds is 6. The molecule has 3 aromatic rings. The number of nitrogens with one attached hydrogen (secondary N) is 2. The zero-order valence-electron chi connectivity index (χ0n) is 13.5. The first-order chi connectivity index (χ1) is 11.7. The van der Waals surface area contributed by atoms with E-state index in [1.807, 2.05) is 19.1 Å². The molecule has 0 aliphatic carbocycles. The molecular formula is C16H17N5O3. The number of methoxy groups -OCH3 is 2. The summed E-state index contributed by atoms with van der Waals surface area (Å²) in [5, 5.41) is 10.0. The van der Waals surface area contributed by atoms with Gasteiger partial charge in [-0.25, -0.2) is 4.98 Å². The number of nitrogens with zero attached hydrogens (tertiary/aromatic N) is 3. The summed E-state index contributed by atoms with van der Waals surface area (Å²) in [6.07, 6.45) is 1.64. The molecule has 0 saturated heterocycles. The van der Waals surface area contributed by atoms with Gasteiger partial charge in [0.05, 0.1) is 19.9 Å². The Hall–Kier alpha value is -3.29. The first-order valence-corrected chi connectivity index (χ1v) is 7.20. The Kier molecular flexibility index (Phi) is 4.46. The van der Waals surface area contributed by atoms with Crippen molar-refractivity contribution in [2.75, 3.05) is 24.9 Å². The summed E-state index contributed by atoms with van der Waals surface area (Å²) in [7, 11) is 3.20. The van der Waals surface area contributed by atoms with Crippen LogP contribution in [0, 0.1) is 6.92 Å². The van der Waals surface area contributed by atoms with Crippen LogP contribution in [0.15, 0.2) is 41.1 Å². The molecule has 0 fully saturated rings. The fraction of sp³-hybridized carbons (Fsp3) is 0.188. The fourth-order valence-electron chi connectivity index (χ4n) is 2.08. The van der Waals surface area contributed by atoms with Gasteiger partial charge >= 0.3 is 0 Å². The number of hydrogen-bond donors (Lipinski definition) is 2. The predicted molar refractivity (Wildman–Crippen MR) is 89.4 cm³/mol. The van der Waals surface area contributed by atoms with Crippen molar-refractivity contribution in [1.82, 2.24) is 15.1 Å². The molecule has 24 heavy (non-hydrogen) atoms. The number of ether oxygens (including phenoxy) is 2. The van der Waals surface area contributed by atoms with Crippen molar-refractivity contribution < 1.29 is 14.0 Å². The maximum Gasteiger partial charge on any atom is 0.229 e. The van der Waals surface area contributed by atoms with Crippen LogP contribution in [0.2, 0.25) is 0 Å². The molecule has 1 aromatic carbocycles. The molecular weight excluding hydrogens is 310 g/mol. The minimum Gasteiger partial charge on any atom is -0.497 e. The topological polar surface area (TPSA) is 94.3 Å². The van der Waals surface area contributed by atoms with E-state index in [1.54, 1.807) is 38.6 Å². The molecule has 0 bridgehead atoms. The Labute approximate surface area is 138 Å². The van der Waals surface area contributed by atoms with Crippen LogP contribution < -0.4 is 20.1 Å². The minimum absolute atomic E-state index is 0.409. The van der Waals surface area contributed by atoms with Gasteiger partial charge in [-0.1, -0.05) is 5.16 Å². The highest BCUT2D eigenvalue weighted by molar-refractivity contribution is 5.65. The maximum atomic E-state index is 5.33. The number of hydrogen-bond acceptors (Lipinski definition) is 8. The van der Waals surface area contributed by atoms with Gasteiger partial charge in [-0.15, -0.1) is 0 Å². The summed E-state index contributed by atoms with van der Waals surface area (Å²) in [6.45, 7) is 1.82. The maximum absolute atomic E-state index is 5.33. The SMILES string of the molecule is COc1ccc(OC)c(Nc2nccc(Nc3cc(C)on3)n2)c1. The van der Waals surface area contributed by atoms with Crippen LogP contribution in [0.1, 0.15) is 5.76 Å². The Morgan fingerprint density at radius 1 is 1.00 bits per heavy atom. The molecule has 8 nitrogen and oxygen atoms in total. The summed E-state index contributed by atoms with van der Waals surface area (Å²) in [5.74, 6) is 3.65. The van der Waals surface area contributed by atoms with Gasteiger partial charge in [0.2, 0.25) is 5.95 Å². The zero-order chi connectivity index (χ0) is 16.9. The van der Waals surface area contributed by atoms with Gasteiger partial charge in [0.25, 0.3) is 0 Å². The van der Waals surface area contributed by atoms with Crippen molar-refractivity contribution in [3.63, 3.8) is 0 Å². The van der Waals surface area contributed by atoms with Crippen molar-refractivity contribution in [1.29, 1.82) is 0 Å². The minimum atomic E-state index is 0.409. The van der Waals surface area contributed by atoms with Crippen molar-refractivity contribution >= 4 is 23.3 Å². The summed E-state index contributed by atoms with van der Waals surface area (Å²) in [4.78, 5) is 8.60. The van der Waals surface area contributed by atoms with E-state index in [-0.39, 0.29) is 0 Å². The van der Waals surface area contributed by atoms with Crippen molar-refractivity contribution in [2.24, 2.45) is 0 Å². The molecule has 0 saturated carbocycles. The fourth-order valence-corrected chi connectivity index (χ4v) is 2.08. The van der Waals surface area contributed by atoms with E-state index in [2.05, 4.69) is 25.8 Å². The average Bonchev–Trinajstić information content (AvgIpc) is 3.00. The van der Waals surface area contributed by atoms with Crippen LogP contribution in [-0.2, 0) is 0 Å². The number of aryl methyl sites for hydroxylation is 1. The number of aromatic nitrogens is 3. The highest BCUT2D eigenvalue weighted by Crippen LogP contribution is 2.30. The van der Waals surface area contributed by atoms with Crippen LogP contribution in [-0.4, -0.2) is 29.3 Å². The molecule has 0 radical (unpaired) electrons. The largest absolute Gasteiger partial charge is 0.497 e. The summed E-state index contributed by atoms with van der Waals surface area (Å²) in [5.41, 5.74) is 0.700. The second-order valence-corrected chi connectivity index (χ2v) is 4.90. The van der Waals surface area contributed by atoms with Gasteiger partial charge < -0.3 is 24.6 Å². The van der Waals surface area contributed by atoms with Crippen LogP contribution in [0.3, 0.4) is 0 Å². The Morgan fingerprint density at radius 2 is 1.88 bits per heavy atom. The monoisotopic (exact) mass is 327 g/mol. The highest BCUT2D eigenvalue weighted by Gasteiger charge is 2.08. The molecule has 0 aliphatic heterocycles. The van der Waals surface area contributed by atoms with Crippen LogP contribution >= 0.6 is 0 Å². The molecule has 0 atom stereocenters. The normalized spacial score (nSPS) is 10.3. The van der Waals surface area contributed by atoms with Gasteiger partial charge in [-0.3, -0.25) is 0 Å². The molecule has 0 spiro atoms. The Bertz CT molecular complexity index is 834. The van der Waals surface area contributed by atoms with E-state index in [0.717, 1.165) is 0 Å². The molecule has 0 aliphatic rings. The van der Waals surface area contributed by atoms with Crippen molar-refractivity contribution in [3.05, 3.63) is 42.3 Å². The third-order valence-corrected chi connectivity index (χ3v) is 3.19. The lowest BCUT2D eigenvalue weighted by atomic mass is 10.2. The summed E-state index contributed by atoms with van der Waals surface area (Å²) in [6, 6.07) is 8.94. The molecule has 2 aromatic heterocycles. The van der Waals surface area contributed by atoms with E-state index in [1.165, 1.54) is 0 Å². The first kappa shape index (κ1) is 15.6. The van der Waals surface area contributed by atoms with E-state index in [4.69, 9.17) is 14.0 Å². The van der Waals surface area contributed by atoms with Crippen molar-refractivity contribution in [2.45, 2.75) is 6.92 Å². The zero-order valence-corrected chi connectivity index (χ0v) is 13.5. The van der Waals surface area contributed by atoms with Gasteiger partial charge in [0.1, 0.15) is 23.1 Å². The van der Waals surface area contributed by atoms with E-state index < -0.39 is 0 Å². The average molecular weight is 327 g/mol.